The smallest absolute Gasteiger partial charge is 0.239 e. The van der Waals surface area contributed by atoms with Gasteiger partial charge in [-0.2, -0.15) is 0 Å². The fourth-order valence-corrected chi connectivity index (χ4v) is 6.16. The van der Waals surface area contributed by atoms with Gasteiger partial charge in [-0.3, -0.25) is 9.59 Å². The highest BCUT2D eigenvalue weighted by atomic mass is 16.2. The minimum atomic E-state index is -0.937. The van der Waals surface area contributed by atoms with E-state index in [1.165, 1.54) is 5.56 Å². The van der Waals surface area contributed by atoms with Crippen LogP contribution in [0.4, 0.5) is 5.69 Å². The van der Waals surface area contributed by atoms with Crippen LogP contribution in [0.15, 0.2) is 115 Å². The van der Waals surface area contributed by atoms with Crippen LogP contribution < -0.4 is 10.6 Å². The van der Waals surface area contributed by atoms with Gasteiger partial charge in [0.1, 0.15) is 5.41 Å². The Labute approximate surface area is 243 Å². The van der Waals surface area contributed by atoms with E-state index in [0.29, 0.717) is 12.5 Å². The number of amides is 2. The highest BCUT2D eigenvalue weighted by Gasteiger charge is 2.43. The first kappa shape index (κ1) is 28.3. The molecule has 1 aliphatic heterocycles. The Kier molecular flexibility index (Phi) is 9.27. The maximum Gasteiger partial charge on any atom is 0.239 e. The molecule has 1 aliphatic rings. The van der Waals surface area contributed by atoms with E-state index in [2.05, 4.69) is 64.1 Å². The number of anilines is 1. The molecule has 0 spiro atoms. The predicted octanol–water partition coefficient (Wildman–Crippen LogP) is 6.37. The normalized spacial score (nSPS) is 14.4. The van der Waals surface area contributed by atoms with E-state index in [4.69, 9.17) is 0 Å². The third-order valence-corrected chi connectivity index (χ3v) is 8.16. The first-order valence-corrected chi connectivity index (χ1v) is 14.6. The largest absolute Gasteiger partial charge is 0.355 e. The van der Waals surface area contributed by atoms with Crippen LogP contribution in [-0.2, 0) is 15.0 Å². The van der Waals surface area contributed by atoms with Crippen LogP contribution in [0, 0.1) is 0 Å². The van der Waals surface area contributed by atoms with Crippen LogP contribution in [0.1, 0.15) is 54.4 Å². The molecule has 2 N–H and O–H groups in total. The lowest BCUT2D eigenvalue weighted by Crippen LogP contribution is -2.47. The third kappa shape index (κ3) is 6.58. The van der Waals surface area contributed by atoms with E-state index in [1.807, 2.05) is 66.7 Å². The monoisotopic (exact) mass is 545 g/mol. The van der Waals surface area contributed by atoms with Gasteiger partial charge in [0.2, 0.25) is 11.8 Å². The number of hydrogen-bond donors (Lipinski definition) is 2. The second-order valence-electron chi connectivity index (χ2n) is 10.9. The van der Waals surface area contributed by atoms with Gasteiger partial charge in [0, 0.05) is 19.2 Å². The van der Waals surface area contributed by atoms with Gasteiger partial charge >= 0.3 is 0 Å². The highest BCUT2D eigenvalue weighted by Crippen LogP contribution is 2.39. The van der Waals surface area contributed by atoms with Crippen molar-refractivity contribution < 1.29 is 9.59 Å². The molecule has 4 aromatic rings. The van der Waals surface area contributed by atoms with E-state index in [0.717, 1.165) is 61.3 Å². The number of benzene rings is 4. The molecule has 0 saturated carbocycles. The number of piperidine rings is 1. The zero-order valence-electron chi connectivity index (χ0n) is 23.8. The summed E-state index contributed by atoms with van der Waals surface area (Å²) in [5.74, 6) is 0.458. The molecule has 1 fully saturated rings. The summed E-state index contributed by atoms with van der Waals surface area (Å²) in [6, 6.07) is 38.5. The molecule has 41 heavy (non-hydrogen) atoms. The molecule has 5 rings (SSSR count). The van der Waals surface area contributed by atoms with Gasteiger partial charge in [0.25, 0.3) is 0 Å². The van der Waals surface area contributed by atoms with Crippen molar-refractivity contribution in [1.29, 1.82) is 0 Å². The molecule has 0 unspecified atom stereocenters. The molecule has 2 amide bonds. The fraction of sp³-hybridized carbons (Fsp3) is 0.278. The van der Waals surface area contributed by atoms with Gasteiger partial charge in [0.05, 0.1) is 0 Å². The second kappa shape index (κ2) is 13.4. The summed E-state index contributed by atoms with van der Waals surface area (Å²) in [4.78, 5) is 28.2. The zero-order valence-corrected chi connectivity index (χ0v) is 23.8. The lowest BCUT2D eigenvalue weighted by molar-refractivity contribution is -0.124. The van der Waals surface area contributed by atoms with Crippen molar-refractivity contribution in [2.45, 2.75) is 37.5 Å². The number of rotatable bonds is 10. The summed E-state index contributed by atoms with van der Waals surface area (Å²) in [7, 11) is 0. The maximum atomic E-state index is 14.3. The summed E-state index contributed by atoms with van der Waals surface area (Å²) in [5, 5.41) is 6.21. The zero-order chi connectivity index (χ0) is 28.5. The molecule has 0 atom stereocenters. The minimum Gasteiger partial charge on any atom is -0.355 e. The number of nitrogens with zero attached hydrogens (tertiary/aromatic N) is 1. The molecule has 1 heterocycles. The van der Waals surface area contributed by atoms with E-state index in [1.54, 1.807) is 6.92 Å². The molecule has 0 bridgehead atoms. The van der Waals surface area contributed by atoms with Crippen molar-refractivity contribution >= 4 is 17.5 Å². The van der Waals surface area contributed by atoms with Crippen LogP contribution in [0.3, 0.4) is 0 Å². The summed E-state index contributed by atoms with van der Waals surface area (Å²) in [6.07, 6.45) is 3.08. The van der Waals surface area contributed by atoms with Crippen molar-refractivity contribution in [3.8, 4) is 0 Å². The molecule has 0 radical (unpaired) electrons. The van der Waals surface area contributed by atoms with Crippen molar-refractivity contribution in [1.82, 2.24) is 10.2 Å². The van der Waals surface area contributed by atoms with Gasteiger partial charge in [-0.1, -0.05) is 103 Å². The van der Waals surface area contributed by atoms with Gasteiger partial charge < -0.3 is 15.5 Å². The quantitative estimate of drug-likeness (QED) is 0.180. The topological polar surface area (TPSA) is 61.4 Å². The van der Waals surface area contributed by atoms with Crippen LogP contribution in [0.2, 0.25) is 0 Å². The van der Waals surface area contributed by atoms with E-state index >= 15 is 0 Å². The summed E-state index contributed by atoms with van der Waals surface area (Å²) < 4.78 is 0. The molecule has 1 saturated heterocycles. The second-order valence-corrected chi connectivity index (χ2v) is 10.9. The Balaban J connectivity index is 1.22. The van der Waals surface area contributed by atoms with E-state index in [9.17, 15) is 9.59 Å². The number of carbonyl (C=O) groups excluding carboxylic acids is 2. The first-order valence-electron chi connectivity index (χ1n) is 14.6. The molecule has 4 aromatic carbocycles. The van der Waals surface area contributed by atoms with E-state index in [-0.39, 0.29) is 11.8 Å². The molecule has 5 heteroatoms. The Morgan fingerprint density at radius 1 is 0.756 bits per heavy atom. The van der Waals surface area contributed by atoms with E-state index < -0.39 is 5.41 Å². The van der Waals surface area contributed by atoms with Gasteiger partial charge in [-0.05, 0) is 79.2 Å². The maximum absolute atomic E-state index is 14.3. The van der Waals surface area contributed by atoms with Gasteiger partial charge in [-0.15, -0.1) is 0 Å². The summed E-state index contributed by atoms with van der Waals surface area (Å²) in [5.41, 5.74) is 4.10. The SMILES string of the molecule is CC(=O)Nc1cccc(C2CCN(CCCNC(=O)C(c3ccccc3)(c3ccccc3)c3ccccc3)CC2)c1. The lowest BCUT2D eigenvalue weighted by Gasteiger charge is -2.35. The molecule has 5 nitrogen and oxygen atoms in total. The number of nitrogens with one attached hydrogen (secondary N) is 2. The molecule has 0 aromatic heterocycles. The van der Waals surface area contributed by atoms with Crippen molar-refractivity contribution in [3.05, 3.63) is 138 Å². The van der Waals surface area contributed by atoms with Gasteiger partial charge in [0.15, 0.2) is 0 Å². The summed E-state index contributed by atoms with van der Waals surface area (Å²) in [6.45, 7) is 5.17. The van der Waals surface area contributed by atoms with Crippen LogP contribution in [0.25, 0.3) is 0 Å². The average molecular weight is 546 g/mol. The van der Waals surface area contributed by atoms with Gasteiger partial charge in [-0.25, -0.2) is 0 Å². The Hall–Kier alpha value is -4.22. The predicted molar refractivity (Wildman–Crippen MR) is 166 cm³/mol. The molecular formula is C36H39N3O2. The molecule has 0 aliphatic carbocycles. The van der Waals surface area contributed by atoms with Crippen LogP contribution in [-0.4, -0.2) is 42.9 Å². The summed E-state index contributed by atoms with van der Waals surface area (Å²) >= 11 is 0. The minimum absolute atomic E-state index is 0.00106. The number of likely N-dealkylation sites (tertiary alicyclic amines) is 1. The number of carbonyl (C=O) groups is 2. The van der Waals surface area contributed by atoms with Crippen LogP contribution in [0.5, 0.6) is 0 Å². The van der Waals surface area contributed by atoms with Crippen molar-refractivity contribution in [3.63, 3.8) is 0 Å². The first-order chi connectivity index (χ1) is 20.1. The Morgan fingerprint density at radius 3 is 1.80 bits per heavy atom. The third-order valence-electron chi connectivity index (χ3n) is 8.16. The number of hydrogen-bond acceptors (Lipinski definition) is 3. The molecular weight excluding hydrogens is 506 g/mol. The van der Waals surface area contributed by atoms with Crippen LogP contribution >= 0.6 is 0 Å². The average Bonchev–Trinajstić information content (AvgIpc) is 3.01. The fourth-order valence-electron chi connectivity index (χ4n) is 6.16. The van der Waals surface area contributed by atoms with Crippen molar-refractivity contribution in [2.75, 3.05) is 31.5 Å². The highest BCUT2D eigenvalue weighted by molar-refractivity contribution is 5.96. The Bertz CT molecular complexity index is 1320. The lowest BCUT2D eigenvalue weighted by atomic mass is 9.68. The molecule has 210 valence electrons. The Morgan fingerprint density at radius 2 is 1.29 bits per heavy atom. The van der Waals surface area contributed by atoms with Crippen molar-refractivity contribution in [2.24, 2.45) is 0 Å². The standard InChI is InChI=1S/C36H39N3O2/c1-28(40)38-34-20-11-13-30(27-34)29-21-25-39(26-22-29)24-12-23-37-35(41)36(31-14-5-2-6-15-31,32-16-7-3-8-17-32)33-18-9-4-10-19-33/h2-11,13-20,27,29H,12,21-26H2,1H3,(H,37,41)(H,38,40).